The Kier molecular flexibility index (Phi) is 5.92. The summed E-state index contributed by atoms with van der Waals surface area (Å²) < 4.78 is 7.27. The minimum atomic E-state index is -0.543. The third kappa shape index (κ3) is 4.82. The van der Waals surface area contributed by atoms with Gasteiger partial charge < -0.3 is 15.0 Å². The van der Waals surface area contributed by atoms with E-state index in [0.717, 1.165) is 12.1 Å². The van der Waals surface area contributed by atoms with Gasteiger partial charge in [-0.3, -0.25) is 9.48 Å². The Hall–Kier alpha value is -2.05. The smallest absolute Gasteiger partial charge is 0.407 e. The third-order valence-corrected chi connectivity index (χ3v) is 4.79. The van der Waals surface area contributed by atoms with E-state index < -0.39 is 11.7 Å². The summed E-state index contributed by atoms with van der Waals surface area (Å²) in [5.41, 5.74) is 0.876. The molecule has 27 heavy (non-hydrogen) atoms. The molecule has 2 unspecified atom stereocenters. The number of hydrogen-bond donors (Lipinski definition) is 1. The van der Waals surface area contributed by atoms with Gasteiger partial charge in [-0.2, -0.15) is 5.10 Å². The van der Waals surface area contributed by atoms with Crippen LogP contribution in [0.25, 0.3) is 0 Å². The molecule has 0 saturated carbocycles. The van der Waals surface area contributed by atoms with Crippen LogP contribution in [0.5, 0.6) is 0 Å². The van der Waals surface area contributed by atoms with Gasteiger partial charge in [-0.15, -0.1) is 0 Å². The van der Waals surface area contributed by atoms with Crippen LogP contribution in [-0.2, 0) is 16.7 Å². The van der Waals surface area contributed by atoms with E-state index in [1.54, 1.807) is 6.20 Å². The number of ether oxygens (including phenoxy) is 1. The highest BCUT2D eigenvalue weighted by Crippen LogP contribution is 2.25. The number of nitrogens with one attached hydrogen (secondary N) is 1. The Morgan fingerprint density at radius 1 is 1.26 bits per heavy atom. The number of nitrogens with zero attached hydrogens (tertiary/aromatic N) is 3. The molecular weight excluding hydrogens is 344 g/mol. The highest BCUT2D eigenvalue weighted by molar-refractivity contribution is 5.95. The number of aromatic nitrogens is 2. The van der Waals surface area contributed by atoms with E-state index in [-0.39, 0.29) is 23.5 Å². The van der Waals surface area contributed by atoms with E-state index in [1.807, 2.05) is 44.2 Å². The zero-order valence-electron chi connectivity index (χ0n) is 17.9. The van der Waals surface area contributed by atoms with Gasteiger partial charge in [0.25, 0.3) is 5.91 Å². The van der Waals surface area contributed by atoms with Crippen molar-refractivity contribution in [2.75, 3.05) is 6.54 Å². The minimum Gasteiger partial charge on any atom is -0.444 e. The molecule has 2 atom stereocenters. The molecule has 152 valence electrons. The van der Waals surface area contributed by atoms with Crippen molar-refractivity contribution in [3.63, 3.8) is 0 Å². The molecule has 2 rings (SSSR count). The SMILES string of the molecule is CCc1c(C(=O)N2CCC(NC(=O)OC(C)(C)C)C2C)cnn1C(C)(C)C. The fourth-order valence-electron chi connectivity index (χ4n) is 3.50. The Labute approximate surface area is 162 Å². The van der Waals surface area contributed by atoms with Gasteiger partial charge in [0.15, 0.2) is 0 Å². The predicted octanol–water partition coefficient (Wildman–Crippen LogP) is 3.33. The zero-order chi connectivity index (χ0) is 20.6. The molecule has 0 aliphatic carbocycles. The second-order valence-corrected chi connectivity index (χ2v) is 9.22. The lowest BCUT2D eigenvalue weighted by Crippen LogP contribution is -2.46. The van der Waals surface area contributed by atoms with Crippen molar-refractivity contribution < 1.29 is 14.3 Å². The van der Waals surface area contributed by atoms with E-state index in [4.69, 9.17) is 4.74 Å². The maximum atomic E-state index is 13.2. The fraction of sp³-hybridized carbons (Fsp3) is 0.750. The molecule has 1 aromatic rings. The first kappa shape index (κ1) is 21.3. The summed E-state index contributed by atoms with van der Waals surface area (Å²) in [4.78, 5) is 27.1. The average molecular weight is 379 g/mol. The van der Waals surface area contributed by atoms with Crippen molar-refractivity contribution in [3.8, 4) is 0 Å². The summed E-state index contributed by atoms with van der Waals surface area (Å²) in [6, 6.07) is -0.223. The van der Waals surface area contributed by atoms with Crippen molar-refractivity contribution in [1.29, 1.82) is 0 Å². The molecule has 7 nitrogen and oxygen atoms in total. The quantitative estimate of drug-likeness (QED) is 0.875. The first-order valence-electron chi connectivity index (χ1n) is 9.73. The van der Waals surface area contributed by atoms with Gasteiger partial charge in [-0.1, -0.05) is 6.92 Å². The van der Waals surface area contributed by atoms with Crippen molar-refractivity contribution in [2.24, 2.45) is 0 Å². The van der Waals surface area contributed by atoms with Crippen LogP contribution in [-0.4, -0.2) is 50.9 Å². The van der Waals surface area contributed by atoms with Gasteiger partial charge in [0.1, 0.15) is 5.60 Å². The Bertz CT molecular complexity index is 697. The summed E-state index contributed by atoms with van der Waals surface area (Å²) in [7, 11) is 0. The maximum Gasteiger partial charge on any atom is 0.407 e. The largest absolute Gasteiger partial charge is 0.444 e. The fourth-order valence-corrected chi connectivity index (χ4v) is 3.50. The van der Waals surface area contributed by atoms with Crippen LogP contribution in [0.1, 0.15) is 77.9 Å². The van der Waals surface area contributed by atoms with Crippen molar-refractivity contribution in [3.05, 3.63) is 17.5 Å². The van der Waals surface area contributed by atoms with Crippen molar-refractivity contribution in [1.82, 2.24) is 20.0 Å². The lowest BCUT2D eigenvalue weighted by molar-refractivity contribution is 0.0485. The predicted molar refractivity (Wildman–Crippen MR) is 105 cm³/mol. The minimum absolute atomic E-state index is 0.0247. The number of likely N-dealkylation sites (tertiary alicyclic amines) is 1. The van der Waals surface area contributed by atoms with Crippen LogP contribution in [0.3, 0.4) is 0 Å². The van der Waals surface area contributed by atoms with Gasteiger partial charge in [0.05, 0.1) is 29.0 Å². The highest BCUT2D eigenvalue weighted by Gasteiger charge is 2.37. The Morgan fingerprint density at radius 3 is 2.41 bits per heavy atom. The van der Waals surface area contributed by atoms with Crippen molar-refractivity contribution >= 4 is 12.0 Å². The monoisotopic (exact) mass is 378 g/mol. The molecule has 1 aliphatic heterocycles. The van der Waals surface area contributed by atoms with Crippen LogP contribution in [0.2, 0.25) is 0 Å². The third-order valence-electron chi connectivity index (χ3n) is 4.79. The summed E-state index contributed by atoms with van der Waals surface area (Å²) in [6.07, 6.45) is 2.68. The first-order chi connectivity index (χ1) is 12.3. The zero-order valence-corrected chi connectivity index (χ0v) is 17.9. The summed E-state index contributed by atoms with van der Waals surface area (Å²) >= 11 is 0. The number of alkyl carbamates (subject to hydrolysis) is 1. The first-order valence-corrected chi connectivity index (χ1v) is 9.73. The summed E-state index contributed by atoms with van der Waals surface area (Å²) in [5.74, 6) is -0.0247. The van der Waals surface area contributed by atoms with E-state index in [9.17, 15) is 9.59 Å². The van der Waals surface area contributed by atoms with E-state index >= 15 is 0 Å². The molecule has 0 radical (unpaired) electrons. The normalized spacial score (nSPS) is 20.7. The van der Waals surface area contributed by atoms with Gasteiger partial charge in [0.2, 0.25) is 0 Å². The number of hydrogen-bond acceptors (Lipinski definition) is 4. The molecule has 0 aromatic carbocycles. The van der Waals surface area contributed by atoms with E-state index in [0.29, 0.717) is 18.5 Å². The van der Waals surface area contributed by atoms with Gasteiger partial charge >= 0.3 is 6.09 Å². The van der Waals surface area contributed by atoms with Crippen LogP contribution >= 0.6 is 0 Å². The standard InChI is InChI=1S/C20H34N4O3/c1-9-16-14(12-21-24(16)19(3,4)5)17(25)23-11-10-15(13(23)2)22-18(26)27-20(6,7)8/h12-13,15H,9-11H2,1-8H3,(H,22,26). The molecule has 1 fully saturated rings. The second kappa shape index (κ2) is 7.52. The summed E-state index contributed by atoms with van der Waals surface area (Å²) in [6.45, 7) is 16.3. The highest BCUT2D eigenvalue weighted by atomic mass is 16.6. The molecule has 2 heterocycles. The van der Waals surface area contributed by atoms with E-state index in [1.165, 1.54) is 0 Å². The Morgan fingerprint density at radius 2 is 1.89 bits per heavy atom. The Balaban J connectivity index is 2.13. The second-order valence-electron chi connectivity index (χ2n) is 9.22. The number of carbonyl (C=O) groups excluding carboxylic acids is 2. The maximum absolute atomic E-state index is 13.2. The molecule has 0 bridgehead atoms. The summed E-state index contributed by atoms with van der Waals surface area (Å²) in [5, 5.41) is 7.37. The number of rotatable bonds is 3. The molecule has 1 aliphatic rings. The molecule has 1 N–H and O–H groups in total. The molecule has 1 saturated heterocycles. The van der Waals surface area contributed by atoms with Gasteiger partial charge in [0, 0.05) is 12.6 Å². The molecular formula is C20H34N4O3. The van der Waals surface area contributed by atoms with Crippen LogP contribution in [0, 0.1) is 0 Å². The lowest BCUT2D eigenvalue weighted by Gasteiger charge is -2.27. The molecule has 1 aromatic heterocycles. The topological polar surface area (TPSA) is 76.5 Å². The van der Waals surface area contributed by atoms with E-state index in [2.05, 4.69) is 31.2 Å². The molecule has 2 amide bonds. The van der Waals surface area contributed by atoms with Crippen molar-refractivity contribution in [2.45, 2.75) is 91.5 Å². The number of amides is 2. The molecule has 0 spiro atoms. The lowest BCUT2D eigenvalue weighted by atomic mass is 10.1. The van der Waals surface area contributed by atoms with Gasteiger partial charge in [-0.25, -0.2) is 4.79 Å². The van der Waals surface area contributed by atoms with Crippen LogP contribution in [0.15, 0.2) is 6.20 Å². The molecule has 7 heteroatoms. The van der Waals surface area contributed by atoms with Crippen LogP contribution in [0.4, 0.5) is 4.79 Å². The number of carbonyl (C=O) groups is 2. The average Bonchev–Trinajstić information content (AvgIpc) is 3.09. The van der Waals surface area contributed by atoms with Crippen LogP contribution < -0.4 is 5.32 Å². The van der Waals surface area contributed by atoms with Gasteiger partial charge in [-0.05, 0) is 61.3 Å².